The van der Waals surface area contributed by atoms with Crippen LogP contribution in [0.1, 0.15) is 19.8 Å². The van der Waals surface area contributed by atoms with E-state index in [9.17, 15) is 4.79 Å². The molecular weight excluding hydrogens is 204 g/mol. The van der Waals surface area contributed by atoms with E-state index in [0.29, 0.717) is 18.4 Å². The molecule has 0 bridgehead atoms. The lowest BCUT2D eigenvalue weighted by Crippen LogP contribution is -2.49. The maximum atomic E-state index is 11.9. The molecule has 2 aliphatic rings. The Hall–Kier alpha value is -0.610. The first-order valence-electron chi connectivity index (χ1n) is 6.20. The van der Waals surface area contributed by atoms with E-state index in [4.69, 9.17) is 5.11 Å². The Labute approximate surface area is 97.2 Å². The summed E-state index contributed by atoms with van der Waals surface area (Å²) in [7, 11) is 2.13. The molecule has 0 radical (unpaired) electrons. The number of piperidine rings is 1. The highest BCUT2D eigenvalue weighted by Gasteiger charge is 2.37. The van der Waals surface area contributed by atoms with E-state index in [1.165, 1.54) is 0 Å². The quantitative estimate of drug-likeness (QED) is 0.730. The Morgan fingerprint density at radius 2 is 2.19 bits per heavy atom. The topological polar surface area (TPSA) is 43.8 Å². The van der Waals surface area contributed by atoms with Crippen LogP contribution in [0.25, 0.3) is 0 Å². The van der Waals surface area contributed by atoms with Crippen LogP contribution in [0.5, 0.6) is 0 Å². The van der Waals surface area contributed by atoms with Crippen LogP contribution in [0.15, 0.2) is 0 Å². The second kappa shape index (κ2) is 4.72. The van der Waals surface area contributed by atoms with Crippen molar-refractivity contribution < 1.29 is 9.90 Å². The fourth-order valence-electron chi connectivity index (χ4n) is 3.06. The third kappa shape index (κ3) is 2.23. The maximum absolute atomic E-state index is 11.9. The highest BCUT2D eigenvalue weighted by Crippen LogP contribution is 2.27. The van der Waals surface area contributed by atoms with Gasteiger partial charge in [0.15, 0.2) is 0 Å². The summed E-state index contributed by atoms with van der Waals surface area (Å²) in [6, 6.07) is 0.389. The summed E-state index contributed by atoms with van der Waals surface area (Å²) in [6.45, 7) is 5.26. The van der Waals surface area contributed by atoms with Gasteiger partial charge in [0, 0.05) is 38.1 Å². The van der Waals surface area contributed by atoms with Crippen molar-refractivity contribution in [3.8, 4) is 0 Å². The molecule has 1 N–H and O–H groups in total. The summed E-state index contributed by atoms with van der Waals surface area (Å²) >= 11 is 0. The van der Waals surface area contributed by atoms with E-state index in [1.54, 1.807) is 0 Å². The summed E-state index contributed by atoms with van der Waals surface area (Å²) in [5.74, 6) is 0.944. The number of amides is 1. The molecule has 2 rings (SSSR count). The van der Waals surface area contributed by atoms with Gasteiger partial charge in [-0.3, -0.25) is 4.79 Å². The number of likely N-dealkylation sites (tertiary alicyclic amines) is 2. The molecule has 92 valence electrons. The van der Waals surface area contributed by atoms with Crippen molar-refractivity contribution in [2.45, 2.75) is 25.8 Å². The van der Waals surface area contributed by atoms with E-state index in [1.807, 2.05) is 4.90 Å². The van der Waals surface area contributed by atoms with Crippen LogP contribution in [0.2, 0.25) is 0 Å². The first-order chi connectivity index (χ1) is 7.61. The number of hydrogen-bond acceptors (Lipinski definition) is 3. The molecule has 2 fully saturated rings. The zero-order valence-corrected chi connectivity index (χ0v) is 10.2. The van der Waals surface area contributed by atoms with Crippen LogP contribution in [-0.2, 0) is 4.79 Å². The van der Waals surface area contributed by atoms with E-state index >= 15 is 0 Å². The molecule has 16 heavy (non-hydrogen) atoms. The standard InChI is InChI=1S/C12H22N2O2/c1-9-6-13(2)4-3-11(9)14-7-10(8-15)5-12(14)16/h9-11,15H,3-8H2,1-2H3. The Balaban J connectivity index is 1.99. The van der Waals surface area contributed by atoms with Gasteiger partial charge in [-0.15, -0.1) is 0 Å². The minimum Gasteiger partial charge on any atom is -0.396 e. The van der Waals surface area contributed by atoms with Gasteiger partial charge in [0.2, 0.25) is 5.91 Å². The summed E-state index contributed by atoms with van der Waals surface area (Å²) in [4.78, 5) is 16.2. The summed E-state index contributed by atoms with van der Waals surface area (Å²) in [5, 5.41) is 9.12. The van der Waals surface area contributed by atoms with Crippen LogP contribution >= 0.6 is 0 Å². The lowest BCUT2D eigenvalue weighted by atomic mass is 9.93. The van der Waals surface area contributed by atoms with Gasteiger partial charge in [-0.2, -0.15) is 0 Å². The van der Waals surface area contributed by atoms with Gasteiger partial charge in [-0.25, -0.2) is 0 Å². The average Bonchev–Trinajstić information content (AvgIpc) is 2.60. The smallest absolute Gasteiger partial charge is 0.223 e. The van der Waals surface area contributed by atoms with Crippen molar-refractivity contribution in [1.29, 1.82) is 0 Å². The molecule has 4 nitrogen and oxygen atoms in total. The Morgan fingerprint density at radius 1 is 1.44 bits per heavy atom. The first kappa shape index (κ1) is 11.9. The first-order valence-corrected chi connectivity index (χ1v) is 6.20. The molecule has 2 aliphatic heterocycles. The second-order valence-corrected chi connectivity index (χ2v) is 5.39. The van der Waals surface area contributed by atoms with Crippen molar-refractivity contribution >= 4 is 5.91 Å². The molecule has 3 atom stereocenters. The molecule has 0 aromatic carbocycles. The van der Waals surface area contributed by atoms with E-state index < -0.39 is 0 Å². The third-order valence-electron chi connectivity index (χ3n) is 3.96. The van der Waals surface area contributed by atoms with Crippen LogP contribution in [-0.4, -0.2) is 60.1 Å². The summed E-state index contributed by atoms with van der Waals surface area (Å²) < 4.78 is 0. The highest BCUT2D eigenvalue weighted by atomic mass is 16.3. The van der Waals surface area contributed by atoms with Crippen LogP contribution in [0.4, 0.5) is 0 Å². The molecule has 4 heteroatoms. The number of aliphatic hydroxyl groups is 1. The largest absolute Gasteiger partial charge is 0.396 e. The average molecular weight is 226 g/mol. The van der Waals surface area contributed by atoms with Gasteiger partial charge in [-0.05, 0) is 25.9 Å². The predicted molar refractivity (Wildman–Crippen MR) is 62.0 cm³/mol. The lowest BCUT2D eigenvalue weighted by Gasteiger charge is -2.40. The summed E-state index contributed by atoms with van der Waals surface area (Å²) in [5.41, 5.74) is 0. The number of carbonyl (C=O) groups is 1. The Bertz CT molecular complexity index is 270. The molecule has 2 heterocycles. The molecule has 0 saturated carbocycles. The zero-order valence-electron chi connectivity index (χ0n) is 10.2. The molecule has 2 saturated heterocycles. The molecule has 0 aromatic rings. The van der Waals surface area contributed by atoms with Gasteiger partial charge < -0.3 is 14.9 Å². The predicted octanol–water partition coefficient (Wildman–Crippen LogP) is 0.167. The molecule has 0 spiro atoms. The van der Waals surface area contributed by atoms with Crippen molar-refractivity contribution in [3.63, 3.8) is 0 Å². The van der Waals surface area contributed by atoms with E-state index in [2.05, 4.69) is 18.9 Å². The Kier molecular flexibility index (Phi) is 3.50. The van der Waals surface area contributed by atoms with Crippen LogP contribution in [0, 0.1) is 11.8 Å². The zero-order chi connectivity index (χ0) is 11.7. The highest BCUT2D eigenvalue weighted by molar-refractivity contribution is 5.79. The fourth-order valence-corrected chi connectivity index (χ4v) is 3.06. The number of nitrogens with zero attached hydrogens (tertiary/aromatic N) is 2. The van der Waals surface area contributed by atoms with Crippen molar-refractivity contribution in [2.24, 2.45) is 11.8 Å². The lowest BCUT2D eigenvalue weighted by molar-refractivity contribution is -0.131. The van der Waals surface area contributed by atoms with Gasteiger partial charge in [0.1, 0.15) is 0 Å². The number of hydrogen-bond donors (Lipinski definition) is 1. The summed E-state index contributed by atoms with van der Waals surface area (Å²) in [6.07, 6.45) is 1.61. The molecular formula is C12H22N2O2. The van der Waals surface area contributed by atoms with Gasteiger partial charge in [-0.1, -0.05) is 6.92 Å². The molecule has 0 aliphatic carbocycles. The molecule has 1 amide bonds. The molecule has 3 unspecified atom stereocenters. The van der Waals surface area contributed by atoms with Crippen molar-refractivity contribution in [1.82, 2.24) is 9.80 Å². The SMILES string of the molecule is CC1CN(C)CCC1N1CC(CO)CC1=O. The minimum atomic E-state index is 0.142. The van der Waals surface area contributed by atoms with Gasteiger partial charge >= 0.3 is 0 Å². The second-order valence-electron chi connectivity index (χ2n) is 5.39. The van der Waals surface area contributed by atoms with Gasteiger partial charge in [0.25, 0.3) is 0 Å². The Morgan fingerprint density at radius 3 is 2.75 bits per heavy atom. The van der Waals surface area contributed by atoms with Crippen molar-refractivity contribution in [2.75, 3.05) is 33.3 Å². The van der Waals surface area contributed by atoms with E-state index in [0.717, 1.165) is 26.1 Å². The van der Waals surface area contributed by atoms with Crippen LogP contribution in [0.3, 0.4) is 0 Å². The third-order valence-corrected chi connectivity index (χ3v) is 3.96. The number of aliphatic hydroxyl groups excluding tert-OH is 1. The van der Waals surface area contributed by atoms with Crippen molar-refractivity contribution in [3.05, 3.63) is 0 Å². The van der Waals surface area contributed by atoms with E-state index in [-0.39, 0.29) is 18.4 Å². The van der Waals surface area contributed by atoms with Crippen LogP contribution < -0.4 is 0 Å². The number of rotatable bonds is 2. The monoisotopic (exact) mass is 226 g/mol. The molecule has 0 aromatic heterocycles. The van der Waals surface area contributed by atoms with Gasteiger partial charge in [0.05, 0.1) is 0 Å². The number of carbonyl (C=O) groups excluding carboxylic acids is 1. The minimum absolute atomic E-state index is 0.142. The maximum Gasteiger partial charge on any atom is 0.223 e. The normalized spacial score (nSPS) is 37.1. The fraction of sp³-hybridized carbons (Fsp3) is 0.917.